The van der Waals surface area contributed by atoms with Crippen molar-refractivity contribution in [1.29, 1.82) is 0 Å². The van der Waals surface area contributed by atoms with Gasteiger partial charge in [0.2, 0.25) is 0 Å². The minimum absolute atomic E-state index is 0.138. The fourth-order valence-electron chi connectivity index (χ4n) is 4.80. The fourth-order valence-corrected chi connectivity index (χ4v) is 4.80. The number of hydrogen-bond acceptors (Lipinski definition) is 0. The minimum atomic E-state index is -0.138. The van der Waals surface area contributed by atoms with Crippen LogP contribution in [0.2, 0.25) is 0 Å². The lowest BCUT2D eigenvalue weighted by Crippen LogP contribution is -2.13. The predicted octanol–water partition coefficient (Wildman–Crippen LogP) is 8.91. The van der Waals surface area contributed by atoms with Gasteiger partial charge in [-0.25, -0.2) is 4.39 Å². The fraction of sp³-hybridized carbons (Fsp3) is 0.556. The highest BCUT2D eigenvalue weighted by atomic mass is 19.1. The van der Waals surface area contributed by atoms with Crippen LogP contribution in [0, 0.1) is 11.7 Å². The van der Waals surface area contributed by atoms with E-state index in [2.05, 4.69) is 31.2 Å². The van der Waals surface area contributed by atoms with Crippen LogP contribution in [0.3, 0.4) is 0 Å². The number of unbranched alkanes of at least 4 members (excludes halogenated alkanes) is 6. The quantitative estimate of drug-likeness (QED) is 0.361. The van der Waals surface area contributed by atoms with Crippen molar-refractivity contribution in [3.05, 3.63) is 59.9 Å². The Balaban J connectivity index is 1.40. The Hall–Kier alpha value is -1.63. The van der Waals surface area contributed by atoms with Crippen molar-refractivity contribution < 1.29 is 4.39 Å². The van der Waals surface area contributed by atoms with Gasteiger partial charge in [-0.15, -0.1) is 0 Å². The van der Waals surface area contributed by atoms with Gasteiger partial charge in [0.25, 0.3) is 0 Å². The Morgan fingerprint density at radius 3 is 2.07 bits per heavy atom. The van der Waals surface area contributed by atoms with Crippen molar-refractivity contribution in [2.24, 2.45) is 5.92 Å². The molecule has 1 fully saturated rings. The molecule has 0 amide bonds. The van der Waals surface area contributed by atoms with E-state index >= 15 is 0 Å². The third-order valence-electron chi connectivity index (χ3n) is 6.63. The normalized spacial score (nSPS) is 19.6. The first-order valence-electron chi connectivity index (χ1n) is 11.6. The first-order valence-corrected chi connectivity index (χ1v) is 11.6. The molecule has 0 saturated heterocycles. The summed E-state index contributed by atoms with van der Waals surface area (Å²) in [6.07, 6.45) is 16.8. The van der Waals surface area contributed by atoms with Crippen LogP contribution in [0.15, 0.2) is 48.5 Å². The second-order valence-corrected chi connectivity index (χ2v) is 8.73. The number of hydrogen-bond donors (Lipinski definition) is 0. The zero-order valence-corrected chi connectivity index (χ0v) is 17.6. The van der Waals surface area contributed by atoms with E-state index in [1.807, 2.05) is 12.1 Å². The van der Waals surface area contributed by atoms with Crippen molar-refractivity contribution in [3.63, 3.8) is 0 Å². The second-order valence-electron chi connectivity index (χ2n) is 8.73. The molecule has 0 nitrogen and oxygen atoms in total. The summed E-state index contributed by atoms with van der Waals surface area (Å²) >= 11 is 0. The third-order valence-corrected chi connectivity index (χ3v) is 6.63. The van der Waals surface area contributed by atoms with Crippen molar-refractivity contribution in [2.45, 2.75) is 89.9 Å². The van der Waals surface area contributed by atoms with Gasteiger partial charge in [-0.1, -0.05) is 101 Å². The molecule has 0 atom stereocenters. The van der Waals surface area contributed by atoms with Crippen molar-refractivity contribution >= 4 is 0 Å². The molecule has 0 radical (unpaired) electrons. The number of halogens is 1. The van der Waals surface area contributed by atoms with Crippen LogP contribution < -0.4 is 0 Å². The zero-order chi connectivity index (χ0) is 19.6. The van der Waals surface area contributed by atoms with E-state index in [9.17, 15) is 4.39 Å². The summed E-state index contributed by atoms with van der Waals surface area (Å²) in [6, 6.07) is 15.7. The molecule has 0 bridgehead atoms. The molecule has 1 heteroatoms. The van der Waals surface area contributed by atoms with Crippen molar-refractivity contribution in [1.82, 2.24) is 0 Å². The largest absolute Gasteiger partial charge is 0.206 e. The first kappa shape index (κ1) is 21.1. The Bertz CT molecular complexity index is 680. The lowest BCUT2D eigenvalue weighted by Gasteiger charge is -2.29. The molecule has 1 aliphatic carbocycles. The molecule has 0 aromatic heterocycles. The SMILES string of the molecule is CCCCCCCCCC1CCC(c2ccc(-c3ccccc3F)cc2)CC1. The maximum absolute atomic E-state index is 14.0. The van der Waals surface area contributed by atoms with Gasteiger partial charge in [0, 0.05) is 5.56 Å². The molecule has 0 N–H and O–H groups in total. The van der Waals surface area contributed by atoms with Crippen LogP contribution in [0.25, 0.3) is 11.1 Å². The molecular formula is C27H37F. The van der Waals surface area contributed by atoms with E-state index in [1.165, 1.54) is 88.7 Å². The van der Waals surface area contributed by atoms with Gasteiger partial charge in [0.15, 0.2) is 0 Å². The summed E-state index contributed by atoms with van der Waals surface area (Å²) in [5.41, 5.74) is 3.12. The molecule has 2 aromatic carbocycles. The monoisotopic (exact) mass is 380 g/mol. The van der Waals surface area contributed by atoms with E-state index in [1.54, 1.807) is 6.07 Å². The second kappa shape index (κ2) is 11.4. The maximum Gasteiger partial charge on any atom is 0.131 e. The Kier molecular flexibility index (Phi) is 8.58. The molecule has 0 unspecified atom stereocenters. The summed E-state index contributed by atoms with van der Waals surface area (Å²) < 4.78 is 14.0. The van der Waals surface area contributed by atoms with Crippen LogP contribution in [0.5, 0.6) is 0 Å². The van der Waals surface area contributed by atoms with Crippen molar-refractivity contribution in [2.75, 3.05) is 0 Å². The lowest BCUT2D eigenvalue weighted by atomic mass is 9.77. The summed E-state index contributed by atoms with van der Waals surface area (Å²) in [6.45, 7) is 2.29. The number of rotatable bonds is 10. The minimum Gasteiger partial charge on any atom is -0.206 e. The van der Waals surface area contributed by atoms with E-state index in [4.69, 9.17) is 0 Å². The van der Waals surface area contributed by atoms with E-state index in [0.29, 0.717) is 11.5 Å². The van der Waals surface area contributed by atoms with Gasteiger partial charge in [0.05, 0.1) is 0 Å². The van der Waals surface area contributed by atoms with Gasteiger partial charge in [-0.3, -0.25) is 0 Å². The number of benzene rings is 2. The summed E-state index contributed by atoms with van der Waals surface area (Å²) in [5.74, 6) is 1.51. The molecule has 28 heavy (non-hydrogen) atoms. The van der Waals surface area contributed by atoms with Crippen LogP contribution in [-0.2, 0) is 0 Å². The maximum atomic E-state index is 14.0. The molecule has 3 rings (SSSR count). The first-order chi connectivity index (χ1) is 13.8. The Morgan fingerprint density at radius 1 is 0.750 bits per heavy atom. The van der Waals surface area contributed by atoms with Crippen molar-refractivity contribution in [3.8, 4) is 11.1 Å². The molecule has 0 heterocycles. The Morgan fingerprint density at radius 2 is 1.39 bits per heavy atom. The van der Waals surface area contributed by atoms with Crippen LogP contribution in [-0.4, -0.2) is 0 Å². The van der Waals surface area contributed by atoms with Crippen LogP contribution in [0.4, 0.5) is 4.39 Å². The molecule has 1 aliphatic rings. The lowest BCUT2D eigenvalue weighted by molar-refractivity contribution is 0.302. The molecular weight excluding hydrogens is 343 g/mol. The molecule has 0 aliphatic heterocycles. The van der Waals surface area contributed by atoms with E-state index in [-0.39, 0.29) is 5.82 Å². The smallest absolute Gasteiger partial charge is 0.131 e. The topological polar surface area (TPSA) is 0 Å². The highest BCUT2D eigenvalue weighted by molar-refractivity contribution is 5.64. The zero-order valence-electron chi connectivity index (χ0n) is 17.6. The standard InChI is InChI=1S/C27H37F/c1-2-3-4-5-6-7-8-11-22-14-16-23(17-15-22)24-18-20-25(21-19-24)26-12-9-10-13-27(26)28/h9-10,12-13,18-23H,2-8,11,14-17H2,1H3. The average molecular weight is 381 g/mol. The molecule has 0 spiro atoms. The predicted molar refractivity (Wildman–Crippen MR) is 119 cm³/mol. The summed E-state index contributed by atoms with van der Waals surface area (Å²) in [7, 11) is 0. The Labute approximate surface area is 171 Å². The average Bonchev–Trinajstić information content (AvgIpc) is 2.74. The highest BCUT2D eigenvalue weighted by Crippen LogP contribution is 2.38. The van der Waals surface area contributed by atoms with Gasteiger partial charge in [0.1, 0.15) is 5.82 Å². The van der Waals surface area contributed by atoms with Crippen LogP contribution in [0.1, 0.15) is 95.5 Å². The van der Waals surface area contributed by atoms with Gasteiger partial charge in [-0.05, 0) is 54.7 Å². The van der Waals surface area contributed by atoms with E-state index < -0.39 is 0 Å². The van der Waals surface area contributed by atoms with Gasteiger partial charge >= 0.3 is 0 Å². The van der Waals surface area contributed by atoms with E-state index in [0.717, 1.165) is 11.5 Å². The highest BCUT2D eigenvalue weighted by Gasteiger charge is 2.22. The van der Waals surface area contributed by atoms with Gasteiger partial charge in [-0.2, -0.15) is 0 Å². The molecule has 152 valence electrons. The van der Waals surface area contributed by atoms with Gasteiger partial charge < -0.3 is 0 Å². The summed E-state index contributed by atoms with van der Waals surface area (Å²) in [4.78, 5) is 0. The molecule has 1 saturated carbocycles. The van der Waals surface area contributed by atoms with Crippen LogP contribution >= 0.6 is 0 Å². The molecule has 2 aromatic rings. The summed E-state index contributed by atoms with van der Waals surface area (Å²) in [5, 5.41) is 0. The third kappa shape index (κ3) is 6.19.